The van der Waals surface area contributed by atoms with Crippen molar-refractivity contribution in [3.8, 4) is 0 Å². The second kappa shape index (κ2) is 10.4. The first-order valence-corrected chi connectivity index (χ1v) is 10.1. The number of hydrogen-bond acceptors (Lipinski definition) is 2. The molecule has 30 heavy (non-hydrogen) atoms. The Morgan fingerprint density at radius 1 is 0.900 bits per heavy atom. The van der Waals surface area contributed by atoms with Crippen LogP contribution in [0.1, 0.15) is 28.8 Å². The second-order valence-electron chi connectivity index (χ2n) is 7.51. The molecule has 1 fully saturated rings. The maximum atomic E-state index is 13.7. The molecule has 4 rings (SSSR count). The van der Waals surface area contributed by atoms with Gasteiger partial charge in [0.25, 0.3) is 5.91 Å². The van der Waals surface area contributed by atoms with Crippen LogP contribution in [0, 0.1) is 5.82 Å². The minimum absolute atomic E-state index is 0. The molecule has 1 heterocycles. The van der Waals surface area contributed by atoms with Crippen molar-refractivity contribution in [3.63, 3.8) is 0 Å². The average molecular weight is 424 g/mol. The highest BCUT2D eigenvalue weighted by Gasteiger charge is 2.30. The van der Waals surface area contributed by atoms with E-state index in [2.05, 4.69) is 29.2 Å². The third-order valence-corrected chi connectivity index (χ3v) is 5.50. The van der Waals surface area contributed by atoms with Crippen molar-refractivity contribution in [2.75, 3.05) is 18.0 Å². The molecule has 0 aromatic heterocycles. The number of anilines is 1. The highest BCUT2D eigenvalue weighted by molar-refractivity contribution is 6.06. The molecule has 156 valence electrons. The summed E-state index contributed by atoms with van der Waals surface area (Å²) in [5, 5.41) is 0. The average Bonchev–Trinajstić information content (AvgIpc) is 2.76. The summed E-state index contributed by atoms with van der Waals surface area (Å²) >= 11 is 0. The standard InChI is InChI=1S/C25H25FN2O.ClH/c26-22-11-7-10-21(18-22)25(29)28(23-12-5-2-6-13-23)24-14-16-27(17-15-24)19-20-8-3-1-4-9-20;/h1-13,18,24H,14-17,19H2;1H/p-1. The van der Waals surface area contributed by atoms with Gasteiger partial charge in [-0.15, -0.1) is 0 Å². The topological polar surface area (TPSA) is 23.6 Å². The molecule has 0 N–H and O–H groups in total. The molecule has 0 aliphatic carbocycles. The van der Waals surface area contributed by atoms with Crippen LogP contribution in [0.25, 0.3) is 0 Å². The lowest BCUT2D eigenvalue weighted by molar-refractivity contribution is -0.0000143. The van der Waals surface area contributed by atoms with Crippen LogP contribution in [-0.2, 0) is 6.54 Å². The molecule has 1 aliphatic heterocycles. The molecule has 0 unspecified atom stereocenters. The lowest BCUT2D eigenvalue weighted by Gasteiger charge is -2.38. The zero-order chi connectivity index (χ0) is 20.1. The SMILES string of the molecule is O=C(c1cccc(F)c1)N(c1ccccc1)C1CCN(Cc2ccccc2)CC1.[Cl-]. The maximum absolute atomic E-state index is 13.7. The fourth-order valence-corrected chi connectivity index (χ4v) is 4.02. The molecule has 1 aliphatic rings. The quantitative estimate of drug-likeness (QED) is 0.627. The first-order valence-electron chi connectivity index (χ1n) is 10.1. The maximum Gasteiger partial charge on any atom is 0.258 e. The van der Waals surface area contributed by atoms with Crippen molar-refractivity contribution in [1.29, 1.82) is 0 Å². The van der Waals surface area contributed by atoms with Gasteiger partial charge in [0.1, 0.15) is 5.82 Å². The molecule has 0 saturated carbocycles. The first-order chi connectivity index (χ1) is 14.2. The molecule has 0 radical (unpaired) electrons. The van der Waals surface area contributed by atoms with Gasteiger partial charge in [-0.05, 0) is 48.7 Å². The van der Waals surface area contributed by atoms with E-state index in [0.29, 0.717) is 5.56 Å². The highest BCUT2D eigenvalue weighted by Crippen LogP contribution is 2.26. The van der Waals surface area contributed by atoms with E-state index in [1.54, 1.807) is 12.1 Å². The lowest BCUT2D eigenvalue weighted by atomic mass is 10.00. The summed E-state index contributed by atoms with van der Waals surface area (Å²) in [6.07, 6.45) is 1.78. The summed E-state index contributed by atoms with van der Waals surface area (Å²) in [6, 6.07) is 26.2. The van der Waals surface area contributed by atoms with E-state index >= 15 is 0 Å². The monoisotopic (exact) mass is 423 g/mol. The van der Waals surface area contributed by atoms with Gasteiger partial charge in [0.15, 0.2) is 0 Å². The first kappa shape index (κ1) is 22.0. The molecule has 1 amide bonds. The minimum Gasteiger partial charge on any atom is -1.00 e. The van der Waals surface area contributed by atoms with E-state index in [1.807, 2.05) is 41.3 Å². The van der Waals surface area contributed by atoms with Gasteiger partial charge in [0.05, 0.1) is 0 Å². The van der Waals surface area contributed by atoms with Gasteiger partial charge >= 0.3 is 0 Å². The number of halogens is 2. The zero-order valence-corrected chi connectivity index (χ0v) is 17.5. The Balaban J connectivity index is 0.00000256. The van der Waals surface area contributed by atoms with Crippen molar-refractivity contribution in [3.05, 3.63) is 102 Å². The smallest absolute Gasteiger partial charge is 0.258 e. The van der Waals surface area contributed by atoms with Crippen LogP contribution in [0.2, 0.25) is 0 Å². The Hall–Kier alpha value is -2.69. The summed E-state index contributed by atoms with van der Waals surface area (Å²) in [5.74, 6) is -0.529. The van der Waals surface area contributed by atoms with Gasteiger partial charge in [-0.25, -0.2) is 4.39 Å². The van der Waals surface area contributed by atoms with Gasteiger partial charge in [-0.2, -0.15) is 0 Å². The fourth-order valence-electron chi connectivity index (χ4n) is 4.02. The number of benzene rings is 3. The predicted octanol–water partition coefficient (Wildman–Crippen LogP) is 2.14. The van der Waals surface area contributed by atoms with Crippen molar-refractivity contribution in [2.24, 2.45) is 0 Å². The van der Waals surface area contributed by atoms with Crippen LogP contribution in [0.3, 0.4) is 0 Å². The Kier molecular flexibility index (Phi) is 7.61. The van der Waals surface area contributed by atoms with E-state index < -0.39 is 0 Å². The number of para-hydroxylation sites is 1. The minimum atomic E-state index is -0.387. The largest absolute Gasteiger partial charge is 1.00 e. The Labute approximate surface area is 183 Å². The molecule has 5 heteroatoms. The van der Waals surface area contributed by atoms with Crippen molar-refractivity contribution in [2.45, 2.75) is 25.4 Å². The number of nitrogens with zero attached hydrogens (tertiary/aromatic N) is 2. The Bertz CT molecular complexity index is 944. The van der Waals surface area contributed by atoms with Gasteiger partial charge < -0.3 is 17.3 Å². The summed E-state index contributed by atoms with van der Waals surface area (Å²) in [5.41, 5.74) is 2.56. The number of likely N-dealkylation sites (tertiary alicyclic amines) is 1. The third-order valence-electron chi connectivity index (χ3n) is 5.50. The molecule has 0 bridgehead atoms. The van der Waals surface area contributed by atoms with Crippen molar-refractivity contribution in [1.82, 2.24) is 4.90 Å². The van der Waals surface area contributed by atoms with Crippen LogP contribution < -0.4 is 17.3 Å². The third kappa shape index (κ3) is 5.26. The summed E-state index contributed by atoms with van der Waals surface area (Å²) in [4.78, 5) is 17.6. The number of carbonyl (C=O) groups excluding carboxylic acids is 1. The molecule has 3 aromatic carbocycles. The van der Waals surface area contributed by atoms with E-state index in [9.17, 15) is 9.18 Å². The van der Waals surface area contributed by atoms with E-state index in [1.165, 1.54) is 17.7 Å². The molecule has 3 nitrogen and oxygen atoms in total. The zero-order valence-electron chi connectivity index (χ0n) is 16.8. The van der Waals surface area contributed by atoms with Gasteiger partial charge in [-0.1, -0.05) is 54.6 Å². The van der Waals surface area contributed by atoms with Crippen molar-refractivity contribution < 1.29 is 21.6 Å². The van der Waals surface area contributed by atoms with Crippen LogP contribution in [0.15, 0.2) is 84.9 Å². The normalized spacial score (nSPS) is 14.7. The summed E-state index contributed by atoms with van der Waals surface area (Å²) < 4.78 is 13.7. The Morgan fingerprint density at radius 3 is 2.17 bits per heavy atom. The fraction of sp³-hybridized carbons (Fsp3) is 0.240. The predicted molar refractivity (Wildman–Crippen MR) is 114 cm³/mol. The highest BCUT2D eigenvalue weighted by atomic mass is 35.5. The molecular weight excluding hydrogens is 399 g/mol. The van der Waals surface area contributed by atoms with Crippen molar-refractivity contribution >= 4 is 11.6 Å². The summed E-state index contributed by atoms with van der Waals surface area (Å²) in [6.45, 7) is 2.79. The van der Waals surface area contributed by atoms with Crippen LogP contribution in [0.4, 0.5) is 10.1 Å². The second-order valence-corrected chi connectivity index (χ2v) is 7.51. The van der Waals surface area contributed by atoms with Gasteiger partial charge in [0, 0.05) is 36.9 Å². The molecule has 0 spiro atoms. The van der Waals surface area contributed by atoms with E-state index in [0.717, 1.165) is 38.2 Å². The van der Waals surface area contributed by atoms with Crippen LogP contribution >= 0.6 is 0 Å². The molecule has 3 aromatic rings. The lowest BCUT2D eigenvalue weighted by Crippen LogP contribution is -3.00. The molecule has 1 saturated heterocycles. The van der Waals surface area contributed by atoms with Gasteiger partial charge in [-0.3, -0.25) is 9.69 Å². The van der Waals surface area contributed by atoms with Gasteiger partial charge in [0.2, 0.25) is 0 Å². The number of piperidine rings is 1. The number of carbonyl (C=O) groups is 1. The number of amides is 1. The van der Waals surface area contributed by atoms with E-state index in [-0.39, 0.29) is 30.2 Å². The van der Waals surface area contributed by atoms with E-state index in [4.69, 9.17) is 0 Å². The molecular formula is C25H25ClFN2O-. The van der Waals surface area contributed by atoms with Crippen LogP contribution in [0.5, 0.6) is 0 Å². The summed E-state index contributed by atoms with van der Waals surface area (Å²) in [7, 11) is 0. The number of rotatable bonds is 5. The number of hydrogen-bond donors (Lipinski definition) is 0. The Morgan fingerprint density at radius 2 is 1.53 bits per heavy atom. The molecule has 0 atom stereocenters. The van der Waals surface area contributed by atoms with Crippen LogP contribution in [-0.4, -0.2) is 29.9 Å².